The second-order valence-corrected chi connectivity index (χ2v) is 6.55. The van der Waals surface area contributed by atoms with Crippen molar-refractivity contribution in [2.75, 3.05) is 32.7 Å². The van der Waals surface area contributed by atoms with Gasteiger partial charge in [0.25, 0.3) is 0 Å². The van der Waals surface area contributed by atoms with Gasteiger partial charge >= 0.3 is 6.03 Å². The molecule has 0 bridgehead atoms. The number of hydrogen-bond donors (Lipinski definition) is 2. The third-order valence-corrected chi connectivity index (χ3v) is 4.70. The normalized spacial score (nSPS) is 21.3. The summed E-state index contributed by atoms with van der Waals surface area (Å²) < 4.78 is 0. The highest BCUT2D eigenvalue weighted by atomic mass is 16.2. The van der Waals surface area contributed by atoms with E-state index in [2.05, 4.69) is 27.7 Å². The molecule has 2 aliphatic rings. The number of carbonyl (C=O) groups excluding carboxylic acids is 3. The SMILES string of the molecule is O=C(NCCN1C(=O)CNC1=O)C1CCCN(Cc2ccccc2)C1. The first-order valence-corrected chi connectivity index (χ1v) is 8.75. The van der Waals surface area contributed by atoms with Crippen molar-refractivity contribution in [3.05, 3.63) is 35.9 Å². The first-order valence-electron chi connectivity index (χ1n) is 8.75. The van der Waals surface area contributed by atoms with Crippen LogP contribution in [0.5, 0.6) is 0 Å². The summed E-state index contributed by atoms with van der Waals surface area (Å²) in [6, 6.07) is 9.87. The van der Waals surface area contributed by atoms with Crippen molar-refractivity contribution in [2.45, 2.75) is 19.4 Å². The van der Waals surface area contributed by atoms with Crippen LogP contribution in [0.2, 0.25) is 0 Å². The van der Waals surface area contributed by atoms with E-state index in [1.807, 2.05) is 18.2 Å². The van der Waals surface area contributed by atoms with Crippen LogP contribution in [-0.2, 0) is 16.1 Å². The molecule has 2 heterocycles. The maximum absolute atomic E-state index is 12.4. The first kappa shape index (κ1) is 17.4. The molecule has 1 unspecified atom stereocenters. The lowest BCUT2D eigenvalue weighted by Crippen LogP contribution is -2.45. The number of likely N-dealkylation sites (tertiary alicyclic amines) is 1. The van der Waals surface area contributed by atoms with E-state index in [9.17, 15) is 14.4 Å². The Morgan fingerprint density at radius 3 is 2.76 bits per heavy atom. The van der Waals surface area contributed by atoms with Crippen molar-refractivity contribution >= 4 is 17.8 Å². The zero-order valence-corrected chi connectivity index (χ0v) is 14.2. The smallest absolute Gasteiger partial charge is 0.324 e. The molecule has 2 aliphatic heterocycles. The Kier molecular flexibility index (Phi) is 5.65. The summed E-state index contributed by atoms with van der Waals surface area (Å²) in [5.41, 5.74) is 1.25. The van der Waals surface area contributed by atoms with Crippen LogP contribution in [0, 0.1) is 5.92 Å². The summed E-state index contributed by atoms with van der Waals surface area (Å²) in [6.07, 6.45) is 1.87. The minimum atomic E-state index is -0.383. The quantitative estimate of drug-likeness (QED) is 0.739. The van der Waals surface area contributed by atoms with Crippen LogP contribution in [0.4, 0.5) is 4.79 Å². The van der Waals surface area contributed by atoms with Crippen LogP contribution in [-0.4, -0.2) is 60.4 Å². The minimum absolute atomic E-state index is 0.00446. The second-order valence-electron chi connectivity index (χ2n) is 6.55. The summed E-state index contributed by atoms with van der Waals surface area (Å²) in [6.45, 7) is 3.16. The molecule has 0 saturated carbocycles. The van der Waals surface area contributed by atoms with Crippen molar-refractivity contribution < 1.29 is 14.4 Å². The fourth-order valence-corrected chi connectivity index (χ4v) is 3.37. The van der Waals surface area contributed by atoms with Crippen LogP contribution in [0.3, 0.4) is 0 Å². The number of carbonyl (C=O) groups is 3. The lowest BCUT2D eigenvalue weighted by molar-refractivity contribution is -0.128. The van der Waals surface area contributed by atoms with Gasteiger partial charge in [0.15, 0.2) is 0 Å². The van der Waals surface area contributed by atoms with Crippen molar-refractivity contribution in [1.82, 2.24) is 20.4 Å². The minimum Gasteiger partial charge on any atom is -0.354 e. The molecule has 2 N–H and O–H groups in total. The van der Waals surface area contributed by atoms with E-state index in [0.717, 1.165) is 37.4 Å². The van der Waals surface area contributed by atoms with Crippen LogP contribution in [0.25, 0.3) is 0 Å². The van der Waals surface area contributed by atoms with E-state index < -0.39 is 0 Å². The van der Waals surface area contributed by atoms with Crippen molar-refractivity contribution in [3.8, 4) is 0 Å². The molecular weight excluding hydrogens is 320 g/mol. The van der Waals surface area contributed by atoms with E-state index in [4.69, 9.17) is 0 Å². The largest absolute Gasteiger partial charge is 0.354 e. The highest BCUT2D eigenvalue weighted by molar-refractivity contribution is 6.01. The van der Waals surface area contributed by atoms with Gasteiger partial charge in [0, 0.05) is 26.2 Å². The number of urea groups is 1. The Morgan fingerprint density at radius 2 is 2.04 bits per heavy atom. The number of amides is 4. The summed E-state index contributed by atoms with van der Waals surface area (Å²) in [5, 5.41) is 5.33. The van der Waals surface area contributed by atoms with Gasteiger partial charge in [-0.3, -0.25) is 19.4 Å². The fourth-order valence-electron chi connectivity index (χ4n) is 3.37. The molecule has 0 spiro atoms. The Balaban J connectivity index is 1.44. The van der Waals surface area contributed by atoms with Gasteiger partial charge in [0.1, 0.15) is 0 Å². The monoisotopic (exact) mass is 344 g/mol. The number of nitrogens with one attached hydrogen (secondary N) is 2. The number of piperidine rings is 1. The third-order valence-electron chi connectivity index (χ3n) is 4.70. The van der Waals surface area contributed by atoms with Gasteiger partial charge in [-0.05, 0) is 24.9 Å². The molecule has 0 aliphatic carbocycles. The summed E-state index contributed by atoms with van der Waals surface area (Å²) >= 11 is 0. The van der Waals surface area contributed by atoms with Gasteiger partial charge in [-0.15, -0.1) is 0 Å². The molecule has 2 saturated heterocycles. The topological polar surface area (TPSA) is 81.8 Å². The molecule has 0 aromatic heterocycles. The Bertz CT molecular complexity index is 618. The molecule has 0 radical (unpaired) electrons. The zero-order valence-electron chi connectivity index (χ0n) is 14.2. The maximum Gasteiger partial charge on any atom is 0.324 e. The molecular formula is C18H24N4O3. The molecule has 1 atom stereocenters. The maximum atomic E-state index is 12.4. The Labute approximate surface area is 147 Å². The summed E-state index contributed by atoms with van der Waals surface area (Å²) in [5.74, 6) is -0.281. The summed E-state index contributed by atoms with van der Waals surface area (Å²) in [7, 11) is 0. The van der Waals surface area contributed by atoms with Gasteiger partial charge in [0.05, 0.1) is 12.5 Å². The van der Waals surface area contributed by atoms with E-state index in [1.165, 1.54) is 5.56 Å². The van der Waals surface area contributed by atoms with E-state index >= 15 is 0 Å². The molecule has 7 nitrogen and oxygen atoms in total. The van der Waals surface area contributed by atoms with Crippen molar-refractivity contribution in [1.29, 1.82) is 0 Å². The van der Waals surface area contributed by atoms with Gasteiger partial charge < -0.3 is 10.6 Å². The molecule has 3 rings (SSSR count). The average Bonchev–Trinajstić information content (AvgIpc) is 2.95. The zero-order chi connectivity index (χ0) is 17.6. The fraction of sp³-hybridized carbons (Fsp3) is 0.500. The van der Waals surface area contributed by atoms with Crippen LogP contribution < -0.4 is 10.6 Å². The summed E-state index contributed by atoms with van der Waals surface area (Å²) in [4.78, 5) is 38.8. The van der Waals surface area contributed by atoms with Crippen LogP contribution in [0.15, 0.2) is 30.3 Å². The number of benzene rings is 1. The lowest BCUT2D eigenvalue weighted by atomic mass is 9.96. The van der Waals surface area contributed by atoms with Crippen molar-refractivity contribution in [3.63, 3.8) is 0 Å². The van der Waals surface area contributed by atoms with Crippen LogP contribution in [0.1, 0.15) is 18.4 Å². The van der Waals surface area contributed by atoms with E-state index in [1.54, 1.807) is 0 Å². The second kappa shape index (κ2) is 8.11. The van der Waals surface area contributed by atoms with Gasteiger partial charge in [0.2, 0.25) is 11.8 Å². The van der Waals surface area contributed by atoms with Gasteiger partial charge in [-0.2, -0.15) is 0 Å². The predicted octanol–water partition coefficient (Wildman–Crippen LogP) is 0.567. The molecule has 7 heteroatoms. The Hall–Kier alpha value is -2.41. The van der Waals surface area contributed by atoms with E-state index in [-0.39, 0.29) is 36.9 Å². The third kappa shape index (κ3) is 4.57. The lowest BCUT2D eigenvalue weighted by Gasteiger charge is -2.32. The molecule has 2 fully saturated rings. The molecule has 1 aromatic carbocycles. The molecule has 25 heavy (non-hydrogen) atoms. The highest BCUT2D eigenvalue weighted by Crippen LogP contribution is 2.18. The number of hydrogen-bond acceptors (Lipinski definition) is 4. The Morgan fingerprint density at radius 1 is 1.24 bits per heavy atom. The van der Waals surface area contributed by atoms with Gasteiger partial charge in [-0.1, -0.05) is 30.3 Å². The molecule has 4 amide bonds. The molecule has 1 aromatic rings. The van der Waals surface area contributed by atoms with E-state index in [0.29, 0.717) is 6.54 Å². The predicted molar refractivity (Wildman–Crippen MR) is 92.6 cm³/mol. The number of nitrogens with zero attached hydrogens (tertiary/aromatic N) is 2. The number of rotatable bonds is 6. The van der Waals surface area contributed by atoms with Crippen molar-refractivity contribution in [2.24, 2.45) is 5.92 Å². The van der Waals surface area contributed by atoms with Crippen LogP contribution >= 0.6 is 0 Å². The standard InChI is InChI=1S/C18H24N4O3/c23-16-11-20-18(25)22(16)10-8-19-17(24)15-7-4-9-21(13-15)12-14-5-2-1-3-6-14/h1-3,5-6,15H,4,7-13H2,(H,19,24)(H,20,25). The average molecular weight is 344 g/mol. The first-order chi connectivity index (χ1) is 12.1. The highest BCUT2D eigenvalue weighted by Gasteiger charge is 2.29. The molecule has 134 valence electrons. The number of imide groups is 1. The van der Waals surface area contributed by atoms with Gasteiger partial charge in [-0.25, -0.2) is 4.79 Å².